The van der Waals surface area contributed by atoms with Crippen LogP contribution in [0.25, 0.3) is 10.8 Å². The number of aromatic nitrogens is 6. The Morgan fingerprint density at radius 3 is 1.09 bits per heavy atom. The average molecular weight is 1120 g/mol. The van der Waals surface area contributed by atoms with Gasteiger partial charge in [0, 0.05) is 30.9 Å². The molecule has 0 saturated heterocycles. The number of nitrogens with zero attached hydrogens (tertiary/aromatic N) is 6. The number of ether oxygens (including phenoxy) is 4. The van der Waals surface area contributed by atoms with Crippen molar-refractivity contribution in [3.05, 3.63) is 190 Å². The van der Waals surface area contributed by atoms with Crippen molar-refractivity contribution in [1.82, 2.24) is 29.5 Å². The van der Waals surface area contributed by atoms with Crippen LogP contribution in [0.4, 0.5) is 0 Å². The van der Waals surface area contributed by atoms with Crippen LogP contribution in [0.3, 0.4) is 0 Å². The molecule has 0 fully saturated rings. The van der Waals surface area contributed by atoms with E-state index in [4.69, 9.17) is 73.7 Å². The van der Waals surface area contributed by atoms with Crippen LogP contribution >= 0.6 is 46.4 Å². The van der Waals surface area contributed by atoms with Crippen LogP contribution < -0.4 is 9.47 Å². The van der Waals surface area contributed by atoms with Crippen molar-refractivity contribution in [2.75, 3.05) is 0 Å². The molecule has 2 heterocycles. The largest absolute Gasteiger partial charge is 0.440 e. The van der Waals surface area contributed by atoms with Gasteiger partial charge < -0.3 is 18.9 Å². The van der Waals surface area contributed by atoms with Gasteiger partial charge >= 0.3 is 32.1 Å². The third kappa shape index (κ3) is 12.2. The first-order valence-electron chi connectivity index (χ1n) is 22.7. The molecule has 388 valence electrons. The molecule has 0 aliphatic rings. The number of hydrogen-bond acceptors (Lipinski definition) is 14. The molecule has 0 N–H and O–H groups in total. The standard InChI is InChI=1S/C52H50Cl4N6O10S2/c1-49(2,3)47(67-29-35-13-17-37(53)18-14-35)51(61-33-57-31-59-61,69-41-25-21-39(55)22-26-41)71-73(63,64)45-11-7-10-44-43(45)9-8-12-46(44)74(65,66)72-52(62-34-58-32-60-62,70-42-27-23-40(56)24-28-42)48(50(4,5)6)68-30-36-15-19-38(54)20-16-36/h7-28,31-34,47-48H,29-30H2,1-6H3. The molecule has 0 saturated carbocycles. The lowest BCUT2D eigenvalue weighted by atomic mass is 9.86. The third-order valence-electron chi connectivity index (χ3n) is 11.4. The Labute approximate surface area is 449 Å². The van der Waals surface area contributed by atoms with Gasteiger partial charge in [-0.1, -0.05) is 136 Å². The van der Waals surface area contributed by atoms with Crippen LogP contribution in [0, 0.1) is 10.8 Å². The SMILES string of the molecule is CC(C)(C)C(OCc1ccc(Cl)cc1)C(Oc1ccc(Cl)cc1)(OS(=O)(=O)c1cccc2c(S(=O)(=O)OC(Oc3ccc(Cl)cc3)(C(OCc3ccc(Cl)cc3)C(C)(C)C)n3cncn3)cccc12)n1cncn1. The van der Waals surface area contributed by atoms with Crippen molar-refractivity contribution in [2.45, 2.75) is 88.6 Å². The normalized spacial score (nSPS) is 15.0. The van der Waals surface area contributed by atoms with Crippen molar-refractivity contribution >= 4 is 77.4 Å². The van der Waals surface area contributed by atoms with E-state index in [2.05, 4.69) is 20.2 Å². The van der Waals surface area contributed by atoms with Gasteiger partial charge in [-0.15, -0.1) is 0 Å². The molecule has 16 nitrogen and oxygen atoms in total. The highest BCUT2D eigenvalue weighted by molar-refractivity contribution is 7.87. The van der Waals surface area contributed by atoms with Gasteiger partial charge in [-0.2, -0.15) is 44.8 Å². The topological polar surface area (TPSA) is 185 Å². The van der Waals surface area contributed by atoms with E-state index < -0.39 is 64.9 Å². The molecule has 0 radical (unpaired) electrons. The Balaban J connectivity index is 1.27. The van der Waals surface area contributed by atoms with Crippen LogP contribution in [0.15, 0.2) is 169 Å². The van der Waals surface area contributed by atoms with E-state index in [-0.39, 0.29) is 35.5 Å². The lowest BCUT2D eigenvalue weighted by molar-refractivity contribution is -0.289. The summed E-state index contributed by atoms with van der Waals surface area (Å²) in [4.78, 5) is 7.38. The first-order valence-corrected chi connectivity index (χ1v) is 27.1. The summed E-state index contributed by atoms with van der Waals surface area (Å²) >= 11 is 25.0. The highest BCUT2D eigenvalue weighted by Crippen LogP contribution is 2.45. The molecule has 2 aromatic heterocycles. The fraction of sp³-hybridized carbons (Fsp3) is 0.269. The Bertz CT molecular complexity index is 3170. The Hall–Kier alpha value is -5.64. The molecule has 8 rings (SSSR count). The van der Waals surface area contributed by atoms with Crippen LogP contribution in [-0.4, -0.2) is 58.6 Å². The van der Waals surface area contributed by atoms with Gasteiger partial charge in [0.2, 0.25) is 0 Å². The third-order valence-corrected chi connectivity index (χ3v) is 15.1. The lowest BCUT2D eigenvalue weighted by Crippen LogP contribution is -2.59. The number of fused-ring (bicyclic) bond motifs is 1. The van der Waals surface area contributed by atoms with Crippen LogP contribution in [-0.2, 0) is 63.1 Å². The maximum absolute atomic E-state index is 15.4. The summed E-state index contributed by atoms with van der Waals surface area (Å²) < 4.78 is 103. The maximum atomic E-state index is 15.4. The maximum Gasteiger partial charge on any atom is 0.358 e. The molecule has 8 aromatic rings. The molecule has 0 aliphatic carbocycles. The second-order valence-electron chi connectivity index (χ2n) is 19.1. The molecule has 0 bridgehead atoms. The predicted octanol–water partition coefficient (Wildman–Crippen LogP) is 12.1. The summed E-state index contributed by atoms with van der Waals surface area (Å²) in [6, 6.07) is 34.3. The fourth-order valence-electron chi connectivity index (χ4n) is 8.14. The van der Waals surface area contributed by atoms with E-state index in [1.165, 1.54) is 86.0 Å². The molecule has 0 spiro atoms. The Kier molecular flexibility index (Phi) is 16.2. The van der Waals surface area contributed by atoms with E-state index in [9.17, 15) is 0 Å². The molecule has 0 aliphatic heterocycles. The fourth-order valence-corrected chi connectivity index (χ4v) is 11.2. The minimum Gasteiger partial charge on any atom is -0.440 e. The summed E-state index contributed by atoms with van der Waals surface area (Å²) in [5, 5.41) is 10.3. The van der Waals surface area contributed by atoms with E-state index in [0.29, 0.717) is 31.2 Å². The zero-order chi connectivity index (χ0) is 53.1. The summed E-state index contributed by atoms with van der Waals surface area (Å²) in [5.74, 6) is -4.74. The molecule has 4 atom stereocenters. The highest BCUT2D eigenvalue weighted by Gasteiger charge is 2.58. The van der Waals surface area contributed by atoms with E-state index in [0.717, 1.165) is 9.36 Å². The van der Waals surface area contributed by atoms with Crippen LogP contribution in [0.5, 0.6) is 11.5 Å². The molecular weight excluding hydrogens is 1070 g/mol. The summed E-state index contributed by atoms with van der Waals surface area (Å²) in [5.41, 5.74) is -0.565. The van der Waals surface area contributed by atoms with Gasteiger partial charge in [-0.25, -0.2) is 9.97 Å². The highest BCUT2D eigenvalue weighted by atomic mass is 35.5. The molecule has 6 aromatic carbocycles. The van der Waals surface area contributed by atoms with Gasteiger partial charge in [0.25, 0.3) is 0 Å². The minimum absolute atomic E-state index is 0.0571. The molecule has 22 heteroatoms. The Morgan fingerprint density at radius 2 is 0.797 bits per heavy atom. The van der Waals surface area contributed by atoms with Gasteiger partial charge in [0.1, 0.15) is 46.6 Å². The zero-order valence-corrected chi connectivity index (χ0v) is 45.3. The van der Waals surface area contributed by atoms with Gasteiger partial charge in [0.05, 0.1) is 13.2 Å². The first-order chi connectivity index (χ1) is 35.0. The van der Waals surface area contributed by atoms with Crippen LogP contribution in [0.1, 0.15) is 52.7 Å². The summed E-state index contributed by atoms with van der Waals surface area (Å²) in [6.07, 6.45) is 2.23. The molecule has 0 amide bonds. The van der Waals surface area contributed by atoms with Crippen molar-refractivity contribution in [2.24, 2.45) is 10.8 Å². The monoisotopic (exact) mass is 1120 g/mol. The number of hydrogen-bond donors (Lipinski definition) is 0. The quantitative estimate of drug-likeness (QED) is 0.0518. The van der Waals surface area contributed by atoms with Crippen molar-refractivity contribution in [3.63, 3.8) is 0 Å². The zero-order valence-electron chi connectivity index (χ0n) is 40.7. The van der Waals surface area contributed by atoms with Crippen molar-refractivity contribution < 1.29 is 44.1 Å². The number of halogens is 4. The summed E-state index contributed by atoms with van der Waals surface area (Å²) in [7, 11) is -10.2. The predicted molar refractivity (Wildman–Crippen MR) is 280 cm³/mol. The second-order valence-corrected chi connectivity index (χ2v) is 23.9. The van der Waals surface area contributed by atoms with Crippen LogP contribution in [0.2, 0.25) is 20.1 Å². The smallest absolute Gasteiger partial charge is 0.358 e. The first kappa shape index (κ1) is 54.6. The minimum atomic E-state index is -5.10. The number of benzene rings is 6. The molecule has 74 heavy (non-hydrogen) atoms. The molecule has 4 unspecified atom stereocenters. The second kappa shape index (κ2) is 21.9. The average Bonchev–Trinajstić information content (AvgIpc) is 4.10. The lowest BCUT2D eigenvalue weighted by Gasteiger charge is -2.44. The number of rotatable bonds is 20. The van der Waals surface area contributed by atoms with Gasteiger partial charge in [-0.05, 0) is 107 Å². The Morgan fingerprint density at radius 1 is 0.473 bits per heavy atom. The molecular formula is C52H50Cl4N6O10S2. The van der Waals surface area contributed by atoms with E-state index in [1.807, 2.05) is 41.5 Å². The van der Waals surface area contributed by atoms with Gasteiger partial charge in [0.15, 0.2) is 12.2 Å². The summed E-state index contributed by atoms with van der Waals surface area (Å²) in [6.45, 7) is 10.7. The van der Waals surface area contributed by atoms with Gasteiger partial charge in [-0.3, -0.25) is 0 Å². The van der Waals surface area contributed by atoms with E-state index in [1.54, 1.807) is 72.8 Å². The van der Waals surface area contributed by atoms with Crippen molar-refractivity contribution in [3.8, 4) is 11.5 Å². The van der Waals surface area contributed by atoms with E-state index >= 15 is 16.8 Å². The van der Waals surface area contributed by atoms with Crippen molar-refractivity contribution in [1.29, 1.82) is 0 Å².